The van der Waals surface area contributed by atoms with E-state index in [-0.39, 0.29) is 6.54 Å². The second-order valence-corrected chi connectivity index (χ2v) is 6.61. The standard InChI is InChI=1S/C18H23BFNO2/c1-13(15-11-7-6-9-14(15)10-8-12-21)16(20)19-22-17(2,3)18(4,5)23-19/h6-7,9,11H,12,21H2,1-5H3. The Morgan fingerprint density at radius 2 is 1.74 bits per heavy atom. The van der Waals surface area contributed by atoms with Gasteiger partial charge < -0.3 is 15.0 Å². The van der Waals surface area contributed by atoms with Crippen LogP contribution in [0.15, 0.2) is 30.0 Å². The number of hydrogen-bond donors (Lipinski definition) is 1. The predicted molar refractivity (Wildman–Crippen MR) is 92.2 cm³/mol. The molecule has 1 saturated heterocycles. The Kier molecular flexibility index (Phi) is 5.00. The fraction of sp³-hybridized carbons (Fsp3) is 0.444. The molecule has 1 aromatic rings. The van der Waals surface area contributed by atoms with Gasteiger partial charge in [0.05, 0.1) is 17.7 Å². The van der Waals surface area contributed by atoms with Gasteiger partial charge in [0.1, 0.15) is 5.73 Å². The quantitative estimate of drug-likeness (QED) is 0.672. The van der Waals surface area contributed by atoms with Gasteiger partial charge in [-0.2, -0.15) is 0 Å². The van der Waals surface area contributed by atoms with Crippen LogP contribution in [-0.2, 0) is 9.31 Å². The minimum absolute atomic E-state index is 0.261. The van der Waals surface area contributed by atoms with Crippen LogP contribution in [-0.4, -0.2) is 24.9 Å². The molecule has 2 N–H and O–H groups in total. The van der Waals surface area contributed by atoms with E-state index in [0.29, 0.717) is 5.57 Å². The molecule has 0 bridgehead atoms. The van der Waals surface area contributed by atoms with E-state index in [9.17, 15) is 4.39 Å². The topological polar surface area (TPSA) is 44.5 Å². The molecule has 1 aliphatic rings. The maximum atomic E-state index is 14.9. The molecule has 1 aromatic carbocycles. The van der Waals surface area contributed by atoms with Crippen molar-refractivity contribution >= 4 is 12.7 Å². The maximum Gasteiger partial charge on any atom is 0.525 e. The van der Waals surface area contributed by atoms with Crippen molar-refractivity contribution in [1.82, 2.24) is 0 Å². The molecule has 0 amide bonds. The first-order valence-electron chi connectivity index (χ1n) is 7.70. The van der Waals surface area contributed by atoms with Gasteiger partial charge in [-0.25, -0.2) is 4.39 Å². The molecule has 0 radical (unpaired) electrons. The third-order valence-corrected chi connectivity index (χ3v) is 4.47. The first-order chi connectivity index (χ1) is 10.7. The van der Waals surface area contributed by atoms with E-state index in [0.717, 1.165) is 11.1 Å². The van der Waals surface area contributed by atoms with Crippen LogP contribution in [0.4, 0.5) is 4.39 Å². The summed E-state index contributed by atoms with van der Waals surface area (Å²) in [6, 6.07) is 7.40. The average molecular weight is 315 g/mol. The zero-order valence-corrected chi connectivity index (χ0v) is 14.4. The Morgan fingerprint density at radius 3 is 2.30 bits per heavy atom. The summed E-state index contributed by atoms with van der Waals surface area (Å²) in [5.74, 6) is 5.78. The zero-order valence-electron chi connectivity index (χ0n) is 14.4. The van der Waals surface area contributed by atoms with Crippen molar-refractivity contribution in [3.8, 4) is 11.8 Å². The van der Waals surface area contributed by atoms with Crippen LogP contribution in [0.3, 0.4) is 0 Å². The summed E-state index contributed by atoms with van der Waals surface area (Å²) in [6.07, 6.45) is 0. The summed E-state index contributed by atoms with van der Waals surface area (Å²) in [5, 5.41) is 0. The van der Waals surface area contributed by atoms with Crippen LogP contribution in [0, 0.1) is 11.8 Å². The van der Waals surface area contributed by atoms with E-state index < -0.39 is 24.0 Å². The van der Waals surface area contributed by atoms with E-state index in [2.05, 4.69) is 11.8 Å². The molecule has 122 valence electrons. The molecule has 1 aliphatic heterocycles. The largest absolute Gasteiger partial charge is 0.525 e. The molecule has 0 spiro atoms. The van der Waals surface area contributed by atoms with Gasteiger partial charge in [0, 0.05) is 5.56 Å². The van der Waals surface area contributed by atoms with Crippen molar-refractivity contribution in [3.05, 3.63) is 41.1 Å². The summed E-state index contributed by atoms with van der Waals surface area (Å²) in [4.78, 5) is 0. The summed E-state index contributed by atoms with van der Waals surface area (Å²) in [7, 11) is -1.00. The van der Waals surface area contributed by atoms with Gasteiger partial charge in [-0.3, -0.25) is 0 Å². The number of rotatable bonds is 2. The van der Waals surface area contributed by atoms with Crippen molar-refractivity contribution in [2.75, 3.05) is 6.54 Å². The number of nitrogens with two attached hydrogens (primary N) is 1. The highest BCUT2D eigenvalue weighted by Gasteiger charge is 2.53. The molecule has 3 nitrogen and oxygen atoms in total. The summed E-state index contributed by atoms with van der Waals surface area (Å²) < 4.78 is 26.5. The van der Waals surface area contributed by atoms with E-state index in [1.807, 2.05) is 52.0 Å². The van der Waals surface area contributed by atoms with E-state index >= 15 is 0 Å². The van der Waals surface area contributed by atoms with Crippen LogP contribution in [0.1, 0.15) is 45.7 Å². The van der Waals surface area contributed by atoms with Gasteiger partial charge in [0.25, 0.3) is 0 Å². The molecule has 0 atom stereocenters. The number of allylic oxidation sites excluding steroid dienone is 1. The molecule has 0 aliphatic carbocycles. The average Bonchev–Trinajstić information content (AvgIpc) is 2.72. The summed E-state index contributed by atoms with van der Waals surface area (Å²) >= 11 is 0. The van der Waals surface area contributed by atoms with E-state index in [4.69, 9.17) is 15.0 Å². The fourth-order valence-corrected chi connectivity index (χ4v) is 2.32. The van der Waals surface area contributed by atoms with Crippen LogP contribution in [0.2, 0.25) is 0 Å². The van der Waals surface area contributed by atoms with Gasteiger partial charge in [-0.05, 0) is 51.8 Å². The highest BCUT2D eigenvalue weighted by Crippen LogP contribution is 2.40. The van der Waals surface area contributed by atoms with Gasteiger partial charge in [-0.15, -0.1) is 0 Å². The molecule has 0 aromatic heterocycles. The summed E-state index contributed by atoms with van der Waals surface area (Å²) in [6.45, 7) is 9.57. The Bertz CT molecular complexity index is 670. The number of halogens is 1. The van der Waals surface area contributed by atoms with Crippen LogP contribution < -0.4 is 5.73 Å². The molecule has 5 heteroatoms. The molecule has 1 heterocycles. The predicted octanol–water partition coefficient (Wildman–Crippen LogP) is 3.33. The lowest BCUT2D eigenvalue weighted by atomic mass is 9.82. The van der Waals surface area contributed by atoms with Gasteiger partial charge in [0.15, 0.2) is 0 Å². The monoisotopic (exact) mass is 315 g/mol. The molecule has 2 rings (SSSR count). The fourth-order valence-electron chi connectivity index (χ4n) is 2.32. The van der Waals surface area contributed by atoms with Crippen molar-refractivity contribution in [2.24, 2.45) is 5.73 Å². The van der Waals surface area contributed by atoms with Crippen LogP contribution >= 0.6 is 0 Å². The van der Waals surface area contributed by atoms with Crippen molar-refractivity contribution < 1.29 is 13.7 Å². The second kappa shape index (κ2) is 6.49. The molecule has 23 heavy (non-hydrogen) atoms. The van der Waals surface area contributed by atoms with Crippen molar-refractivity contribution in [3.63, 3.8) is 0 Å². The minimum atomic E-state index is -1.00. The highest BCUT2D eigenvalue weighted by atomic mass is 19.1. The Hall–Kier alpha value is -1.61. The highest BCUT2D eigenvalue weighted by molar-refractivity contribution is 6.55. The van der Waals surface area contributed by atoms with E-state index in [1.54, 1.807) is 6.92 Å². The second-order valence-electron chi connectivity index (χ2n) is 6.61. The lowest BCUT2D eigenvalue weighted by Gasteiger charge is -2.32. The molecule has 0 unspecified atom stereocenters. The first kappa shape index (κ1) is 17.7. The van der Waals surface area contributed by atoms with E-state index in [1.165, 1.54) is 0 Å². The van der Waals surface area contributed by atoms with Crippen molar-refractivity contribution in [2.45, 2.75) is 45.8 Å². The third kappa shape index (κ3) is 3.50. The lowest BCUT2D eigenvalue weighted by molar-refractivity contribution is 0.00578. The third-order valence-electron chi connectivity index (χ3n) is 4.47. The van der Waals surface area contributed by atoms with Gasteiger partial charge in [0.2, 0.25) is 0 Å². The first-order valence-corrected chi connectivity index (χ1v) is 7.70. The van der Waals surface area contributed by atoms with Gasteiger partial charge >= 0.3 is 7.12 Å². The van der Waals surface area contributed by atoms with Gasteiger partial charge in [-0.1, -0.05) is 30.0 Å². The molecule has 0 saturated carbocycles. The maximum absolute atomic E-state index is 14.9. The minimum Gasteiger partial charge on any atom is -0.398 e. The Labute approximate surface area is 138 Å². The molecular weight excluding hydrogens is 292 g/mol. The van der Waals surface area contributed by atoms with Crippen LogP contribution in [0.25, 0.3) is 5.57 Å². The van der Waals surface area contributed by atoms with Crippen LogP contribution in [0.5, 0.6) is 0 Å². The molecular formula is C18H23BFNO2. The SMILES string of the molecule is CC(=C(F)B1OC(C)(C)C(C)(C)O1)c1ccccc1C#CCN. The zero-order chi connectivity index (χ0) is 17.3. The smallest absolute Gasteiger partial charge is 0.398 e. The molecule has 1 fully saturated rings. The lowest BCUT2D eigenvalue weighted by Crippen LogP contribution is -2.41. The Morgan fingerprint density at radius 1 is 1.17 bits per heavy atom. The normalized spacial score (nSPS) is 19.9. The number of benzene rings is 1. The van der Waals surface area contributed by atoms with Crippen molar-refractivity contribution in [1.29, 1.82) is 0 Å². The summed E-state index contributed by atoms with van der Waals surface area (Å²) in [5.41, 5.74) is 5.77. The Balaban J connectivity index is 2.40. The number of hydrogen-bond acceptors (Lipinski definition) is 3.